The van der Waals surface area contributed by atoms with Gasteiger partial charge < -0.3 is 5.11 Å². The van der Waals surface area contributed by atoms with Gasteiger partial charge in [-0.2, -0.15) is 0 Å². The van der Waals surface area contributed by atoms with Gasteiger partial charge in [-0.25, -0.2) is 0 Å². The fourth-order valence-electron chi connectivity index (χ4n) is 6.78. The van der Waals surface area contributed by atoms with Gasteiger partial charge in [-0.15, -0.1) is 0 Å². The van der Waals surface area contributed by atoms with Gasteiger partial charge in [0.2, 0.25) is 5.78 Å². The van der Waals surface area contributed by atoms with E-state index in [0.717, 1.165) is 31.3 Å². The Labute approximate surface area is 148 Å². The van der Waals surface area contributed by atoms with Gasteiger partial charge in [0.05, 0.1) is 0 Å². The lowest BCUT2D eigenvalue weighted by Crippen LogP contribution is -2.54. The number of Topliss-reactive ketones (excluding diaryl/α,β-unsaturated/α-hetero) is 2. The molecule has 4 rings (SSSR count). The molecule has 4 heteroatoms. The molecule has 25 heavy (non-hydrogen) atoms. The van der Waals surface area contributed by atoms with E-state index in [9.17, 15) is 19.5 Å². The number of hydrogen-bond donors (Lipinski definition) is 1. The highest BCUT2D eigenvalue weighted by atomic mass is 16.3. The molecule has 0 unspecified atom stereocenters. The van der Waals surface area contributed by atoms with Crippen molar-refractivity contribution >= 4 is 17.3 Å². The van der Waals surface area contributed by atoms with Crippen molar-refractivity contribution < 1.29 is 19.5 Å². The van der Waals surface area contributed by atoms with Crippen LogP contribution in [0.3, 0.4) is 0 Å². The molecular weight excluding hydrogens is 316 g/mol. The van der Waals surface area contributed by atoms with Crippen LogP contribution in [0.4, 0.5) is 0 Å². The second-order valence-corrected chi connectivity index (χ2v) is 9.02. The van der Waals surface area contributed by atoms with Crippen LogP contribution in [0.15, 0.2) is 23.5 Å². The number of aliphatic hydroxyl groups is 1. The van der Waals surface area contributed by atoms with Gasteiger partial charge in [0.15, 0.2) is 5.76 Å². The predicted molar refractivity (Wildman–Crippen MR) is 92.7 cm³/mol. The maximum Gasteiger partial charge on any atom is 0.219 e. The Morgan fingerprint density at radius 2 is 1.92 bits per heavy atom. The summed E-state index contributed by atoms with van der Waals surface area (Å²) in [7, 11) is 0. The fourth-order valence-corrected chi connectivity index (χ4v) is 6.78. The summed E-state index contributed by atoms with van der Waals surface area (Å²) in [6.07, 6.45) is 7.17. The van der Waals surface area contributed by atoms with Crippen molar-refractivity contribution in [2.45, 2.75) is 52.9 Å². The Morgan fingerprint density at radius 1 is 1.20 bits per heavy atom. The molecule has 0 bridgehead atoms. The summed E-state index contributed by atoms with van der Waals surface area (Å²) >= 11 is 0. The van der Waals surface area contributed by atoms with Crippen LogP contribution in [0.2, 0.25) is 0 Å². The minimum Gasteiger partial charge on any atom is -0.504 e. The molecule has 6 atom stereocenters. The molecule has 0 spiro atoms. The lowest BCUT2D eigenvalue weighted by molar-refractivity contribution is -0.145. The first-order valence-electron chi connectivity index (χ1n) is 9.39. The monoisotopic (exact) mass is 342 g/mol. The highest BCUT2D eigenvalue weighted by Crippen LogP contribution is 2.65. The van der Waals surface area contributed by atoms with Gasteiger partial charge >= 0.3 is 0 Å². The molecule has 4 aliphatic rings. The van der Waals surface area contributed by atoms with Crippen LogP contribution < -0.4 is 0 Å². The average molecular weight is 342 g/mol. The van der Waals surface area contributed by atoms with Crippen LogP contribution in [0.25, 0.3) is 0 Å². The van der Waals surface area contributed by atoms with Crippen molar-refractivity contribution in [1.82, 2.24) is 0 Å². The summed E-state index contributed by atoms with van der Waals surface area (Å²) in [5.74, 6) is 0.224. The normalized spacial score (nSPS) is 45.9. The van der Waals surface area contributed by atoms with E-state index in [-0.39, 0.29) is 46.3 Å². The Hall–Kier alpha value is -1.71. The number of fused-ring (bicyclic) bond motifs is 5. The Morgan fingerprint density at radius 3 is 2.60 bits per heavy atom. The second kappa shape index (κ2) is 5.15. The van der Waals surface area contributed by atoms with Gasteiger partial charge in [-0.1, -0.05) is 19.4 Å². The molecule has 0 heterocycles. The van der Waals surface area contributed by atoms with Crippen molar-refractivity contribution in [3.05, 3.63) is 23.5 Å². The molecule has 134 valence electrons. The highest BCUT2D eigenvalue weighted by molar-refractivity contribution is 6.04. The zero-order chi connectivity index (χ0) is 18.1. The SMILES string of the molecule is CC(=O)[C@H]1CC[C@H]2[C@@H]3CCC4=CC(=O)C(O)=C[C@]4(C)[C@H]3C(=O)C[C@]12C. The molecule has 0 radical (unpaired) electrons. The molecule has 3 saturated carbocycles. The van der Waals surface area contributed by atoms with Gasteiger partial charge in [0.25, 0.3) is 0 Å². The molecule has 0 aromatic carbocycles. The molecule has 0 saturated heterocycles. The summed E-state index contributed by atoms with van der Waals surface area (Å²) in [4.78, 5) is 37.3. The number of allylic oxidation sites excluding steroid dienone is 3. The maximum absolute atomic E-state index is 13.3. The first kappa shape index (κ1) is 16.7. The van der Waals surface area contributed by atoms with E-state index >= 15 is 0 Å². The standard InChI is InChI=1S/C21H26O4/c1-11(22)14-6-7-15-13-5-4-12-8-16(23)17(24)9-20(12,2)19(13)18(25)10-21(14,15)3/h8-9,13-15,19,24H,4-7,10H2,1-3H3/t13-,14+,15-,19+,20-,21+/m0/s1. The number of hydrogen-bond acceptors (Lipinski definition) is 4. The predicted octanol–water partition coefficient (Wildman–Crippen LogP) is 3.56. The van der Waals surface area contributed by atoms with Crippen LogP contribution in [0.5, 0.6) is 0 Å². The average Bonchev–Trinajstić information content (AvgIpc) is 2.85. The maximum atomic E-state index is 13.3. The van der Waals surface area contributed by atoms with Crippen LogP contribution in [0.1, 0.15) is 52.9 Å². The van der Waals surface area contributed by atoms with Crippen molar-refractivity contribution in [3.8, 4) is 0 Å². The topological polar surface area (TPSA) is 71.4 Å². The third kappa shape index (κ3) is 2.09. The quantitative estimate of drug-likeness (QED) is 0.791. The van der Waals surface area contributed by atoms with E-state index in [0.29, 0.717) is 12.3 Å². The molecule has 4 nitrogen and oxygen atoms in total. The number of aliphatic hydroxyl groups excluding tert-OH is 1. The number of ketones is 3. The van der Waals surface area contributed by atoms with Crippen LogP contribution in [0, 0.1) is 34.5 Å². The second-order valence-electron chi connectivity index (χ2n) is 9.02. The van der Waals surface area contributed by atoms with E-state index in [2.05, 4.69) is 6.92 Å². The van der Waals surface area contributed by atoms with Gasteiger partial charge in [-0.3, -0.25) is 14.4 Å². The van der Waals surface area contributed by atoms with Crippen molar-refractivity contribution in [2.75, 3.05) is 0 Å². The van der Waals surface area contributed by atoms with E-state index in [1.165, 1.54) is 0 Å². The summed E-state index contributed by atoms with van der Waals surface area (Å²) < 4.78 is 0. The Balaban J connectivity index is 1.77. The summed E-state index contributed by atoms with van der Waals surface area (Å²) in [5, 5.41) is 10.0. The highest BCUT2D eigenvalue weighted by Gasteiger charge is 2.62. The third-order valence-corrected chi connectivity index (χ3v) is 7.83. The van der Waals surface area contributed by atoms with Crippen LogP contribution in [-0.2, 0) is 14.4 Å². The molecule has 3 fully saturated rings. The first-order chi connectivity index (χ1) is 11.7. The molecular formula is C21H26O4. The molecule has 4 aliphatic carbocycles. The molecule has 0 aliphatic heterocycles. The molecule has 1 N–H and O–H groups in total. The van der Waals surface area contributed by atoms with Crippen LogP contribution in [-0.4, -0.2) is 22.5 Å². The van der Waals surface area contributed by atoms with Crippen molar-refractivity contribution in [3.63, 3.8) is 0 Å². The zero-order valence-corrected chi connectivity index (χ0v) is 15.2. The first-order valence-corrected chi connectivity index (χ1v) is 9.39. The number of rotatable bonds is 1. The fraction of sp³-hybridized carbons (Fsp3) is 0.667. The van der Waals surface area contributed by atoms with E-state index in [1.807, 2.05) is 6.92 Å². The Bertz CT molecular complexity index is 745. The summed E-state index contributed by atoms with van der Waals surface area (Å²) in [6.45, 7) is 5.79. The summed E-state index contributed by atoms with van der Waals surface area (Å²) in [5.41, 5.74) is 0.195. The molecule has 0 aromatic heterocycles. The lowest BCUT2D eigenvalue weighted by atomic mass is 9.47. The minimum absolute atomic E-state index is 0.0102. The molecule has 0 aromatic rings. The number of carbonyl (C=O) groups is 3. The Kier molecular flexibility index (Phi) is 3.45. The van der Waals surface area contributed by atoms with Gasteiger partial charge in [0, 0.05) is 23.7 Å². The van der Waals surface area contributed by atoms with Crippen molar-refractivity contribution in [2.24, 2.45) is 34.5 Å². The van der Waals surface area contributed by atoms with E-state index in [1.54, 1.807) is 19.1 Å². The largest absolute Gasteiger partial charge is 0.504 e. The van der Waals surface area contributed by atoms with Crippen LogP contribution >= 0.6 is 0 Å². The van der Waals surface area contributed by atoms with Gasteiger partial charge in [-0.05, 0) is 62.0 Å². The third-order valence-electron chi connectivity index (χ3n) is 7.83. The van der Waals surface area contributed by atoms with Crippen molar-refractivity contribution in [1.29, 1.82) is 0 Å². The van der Waals surface area contributed by atoms with Gasteiger partial charge in [0.1, 0.15) is 11.6 Å². The molecule has 0 amide bonds. The van der Waals surface area contributed by atoms with E-state index in [4.69, 9.17) is 0 Å². The number of carbonyl (C=O) groups excluding carboxylic acids is 3. The zero-order valence-electron chi connectivity index (χ0n) is 15.2. The summed E-state index contributed by atoms with van der Waals surface area (Å²) in [6, 6.07) is 0. The van der Waals surface area contributed by atoms with E-state index < -0.39 is 5.41 Å². The minimum atomic E-state index is -0.562. The smallest absolute Gasteiger partial charge is 0.219 e. The lowest BCUT2D eigenvalue weighted by Gasteiger charge is -2.55.